The topological polar surface area (TPSA) is 101 Å². The van der Waals surface area contributed by atoms with Crippen molar-refractivity contribution in [1.29, 1.82) is 0 Å². The Morgan fingerprint density at radius 3 is 2.42 bits per heavy atom. The molecule has 4 rings (SSSR count). The highest BCUT2D eigenvalue weighted by molar-refractivity contribution is 5.83. The summed E-state index contributed by atoms with van der Waals surface area (Å²) in [5.74, 6) is 1.18. The van der Waals surface area contributed by atoms with Crippen LogP contribution in [0.4, 0.5) is 0 Å². The van der Waals surface area contributed by atoms with Crippen molar-refractivity contribution in [2.45, 2.75) is 104 Å². The molecule has 0 aromatic carbocycles. The molecule has 5 unspecified atom stereocenters. The van der Waals surface area contributed by atoms with E-state index in [2.05, 4.69) is 27.7 Å². The standard InChI is InChI=1S/C28H46O5/c1-15(7-6-8-16(2)26(32)33)20-9-10-21-25-22(14-24(31)28(20,21)5)27(4)17(3)11-19(29)12-18(27)13-23(25)30/h8,15,17-25,29-31H,6-7,9-14H2,1-5H3,(H,32,33)/p-1/b16-8-/t15-,17?,18?,19?,20-,21+,22+,23?,24?,25+,27+,28-/m1/s1. The summed E-state index contributed by atoms with van der Waals surface area (Å²) in [6.45, 7) is 10.8. The van der Waals surface area contributed by atoms with Gasteiger partial charge in [-0.25, -0.2) is 0 Å². The Morgan fingerprint density at radius 1 is 1.06 bits per heavy atom. The second-order valence-electron chi connectivity index (χ2n) is 12.7. The first-order valence-electron chi connectivity index (χ1n) is 13.3. The average Bonchev–Trinajstić information content (AvgIpc) is 3.09. The minimum atomic E-state index is -1.10. The fraction of sp³-hybridized carbons (Fsp3) is 0.893. The number of carbonyl (C=O) groups is 1. The molecule has 0 saturated heterocycles. The van der Waals surface area contributed by atoms with Crippen molar-refractivity contribution in [1.82, 2.24) is 0 Å². The molecule has 0 spiro atoms. The molecule has 0 amide bonds. The molecule has 4 aliphatic rings. The number of carboxylic acid groups (broad SMARTS) is 1. The van der Waals surface area contributed by atoms with Gasteiger partial charge in [-0.1, -0.05) is 33.8 Å². The van der Waals surface area contributed by atoms with Gasteiger partial charge in [0.15, 0.2) is 0 Å². The Hall–Kier alpha value is -0.910. The van der Waals surface area contributed by atoms with Crippen LogP contribution in [0.15, 0.2) is 11.6 Å². The Bertz CT molecular complexity index is 778. The Balaban J connectivity index is 1.56. The Labute approximate surface area is 199 Å². The third-order valence-corrected chi connectivity index (χ3v) is 11.5. The molecule has 0 aromatic heterocycles. The Kier molecular flexibility index (Phi) is 6.83. The molecular weight excluding hydrogens is 416 g/mol. The van der Waals surface area contributed by atoms with E-state index in [9.17, 15) is 25.2 Å². The van der Waals surface area contributed by atoms with Gasteiger partial charge in [-0.2, -0.15) is 0 Å². The minimum Gasteiger partial charge on any atom is -0.545 e. The number of fused-ring (bicyclic) bond motifs is 5. The molecule has 0 aliphatic heterocycles. The number of hydrogen-bond donors (Lipinski definition) is 3. The predicted octanol–water partition coefficient (Wildman–Crippen LogP) is 3.31. The van der Waals surface area contributed by atoms with Crippen molar-refractivity contribution >= 4 is 5.97 Å². The number of carboxylic acids is 1. The lowest BCUT2D eigenvalue weighted by Crippen LogP contribution is -2.64. The van der Waals surface area contributed by atoms with Gasteiger partial charge in [-0.15, -0.1) is 0 Å². The van der Waals surface area contributed by atoms with E-state index in [1.165, 1.54) is 0 Å². The third kappa shape index (κ3) is 3.90. The molecule has 0 aromatic rings. The van der Waals surface area contributed by atoms with Crippen molar-refractivity contribution in [3.05, 3.63) is 11.6 Å². The van der Waals surface area contributed by atoms with E-state index in [0.29, 0.717) is 41.9 Å². The van der Waals surface area contributed by atoms with E-state index in [1.54, 1.807) is 13.0 Å². The third-order valence-electron chi connectivity index (χ3n) is 11.5. The zero-order chi connectivity index (χ0) is 24.3. The average molecular weight is 462 g/mol. The molecule has 4 fully saturated rings. The molecule has 4 aliphatic carbocycles. The molecule has 0 radical (unpaired) electrons. The second kappa shape index (κ2) is 8.95. The normalized spacial score (nSPS) is 50.8. The lowest BCUT2D eigenvalue weighted by atomic mass is 9.41. The minimum absolute atomic E-state index is 0.0579. The highest BCUT2D eigenvalue weighted by atomic mass is 16.4. The maximum Gasteiger partial charge on any atom is 0.0668 e. The number of carbonyl (C=O) groups excluding carboxylic acids is 1. The number of allylic oxidation sites excluding steroid dienone is 1. The highest BCUT2D eigenvalue weighted by Gasteiger charge is 2.66. The zero-order valence-electron chi connectivity index (χ0n) is 21.2. The highest BCUT2D eigenvalue weighted by Crippen LogP contribution is 2.69. The maximum atomic E-state index is 11.7. The van der Waals surface area contributed by atoms with Gasteiger partial charge in [0.25, 0.3) is 0 Å². The van der Waals surface area contributed by atoms with E-state index in [4.69, 9.17) is 0 Å². The number of aliphatic hydroxyl groups excluding tert-OH is 3. The van der Waals surface area contributed by atoms with E-state index in [-0.39, 0.29) is 40.6 Å². The fourth-order valence-corrected chi connectivity index (χ4v) is 9.45. The van der Waals surface area contributed by atoms with Crippen LogP contribution in [-0.4, -0.2) is 39.6 Å². The van der Waals surface area contributed by atoms with E-state index in [0.717, 1.165) is 44.9 Å². The van der Waals surface area contributed by atoms with E-state index in [1.807, 2.05) is 0 Å². The van der Waals surface area contributed by atoms with Crippen molar-refractivity contribution in [3.63, 3.8) is 0 Å². The van der Waals surface area contributed by atoms with Gasteiger partial charge in [0.1, 0.15) is 0 Å². The van der Waals surface area contributed by atoms with Gasteiger partial charge >= 0.3 is 0 Å². The number of aliphatic carboxylic acids is 1. The van der Waals surface area contributed by atoms with Crippen LogP contribution in [0, 0.1) is 52.3 Å². The van der Waals surface area contributed by atoms with Crippen LogP contribution in [0.1, 0.15) is 86.0 Å². The monoisotopic (exact) mass is 461 g/mol. The summed E-state index contributed by atoms with van der Waals surface area (Å²) in [5.41, 5.74) is 0.135. The molecular formula is C28H45O5-. The second-order valence-corrected chi connectivity index (χ2v) is 12.7. The molecule has 33 heavy (non-hydrogen) atoms. The quantitative estimate of drug-likeness (QED) is 0.546. The summed E-state index contributed by atoms with van der Waals surface area (Å²) in [5, 5.41) is 44.5. The molecule has 4 saturated carbocycles. The zero-order valence-corrected chi connectivity index (χ0v) is 21.2. The summed E-state index contributed by atoms with van der Waals surface area (Å²) >= 11 is 0. The van der Waals surface area contributed by atoms with Gasteiger partial charge in [0, 0.05) is 0 Å². The lowest BCUT2D eigenvalue weighted by Gasteiger charge is -2.65. The lowest BCUT2D eigenvalue weighted by molar-refractivity contribution is -0.299. The van der Waals surface area contributed by atoms with Crippen LogP contribution < -0.4 is 5.11 Å². The van der Waals surface area contributed by atoms with Crippen LogP contribution >= 0.6 is 0 Å². The van der Waals surface area contributed by atoms with Crippen LogP contribution in [0.2, 0.25) is 0 Å². The number of hydrogen-bond acceptors (Lipinski definition) is 5. The van der Waals surface area contributed by atoms with E-state index < -0.39 is 5.97 Å². The molecule has 3 N–H and O–H groups in total. The molecule has 0 bridgehead atoms. The van der Waals surface area contributed by atoms with Crippen LogP contribution in [-0.2, 0) is 4.79 Å². The summed E-state index contributed by atoms with van der Waals surface area (Å²) in [6, 6.07) is 0. The molecule has 5 heteroatoms. The van der Waals surface area contributed by atoms with Gasteiger partial charge in [0.2, 0.25) is 0 Å². The van der Waals surface area contributed by atoms with Gasteiger partial charge in [-0.3, -0.25) is 0 Å². The summed E-state index contributed by atoms with van der Waals surface area (Å²) in [6.07, 6.45) is 7.58. The van der Waals surface area contributed by atoms with Gasteiger partial charge < -0.3 is 25.2 Å². The first kappa shape index (κ1) is 25.2. The largest absolute Gasteiger partial charge is 0.545 e. The van der Waals surface area contributed by atoms with Gasteiger partial charge in [0.05, 0.1) is 24.3 Å². The fourth-order valence-electron chi connectivity index (χ4n) is 9.45. The van der Waals surface area contributed by atoms with Crippen molar-refractivity contribution in [2.75, 3.05) is 0 Å². The summed E-state index contributed by atoms with van der Waals surface area (Å²) in [4.78, 5) is 11.0. The molecule has 5 nitrogen and oxygen atoms in total. The van der Waals surface area contributed by atoms with Crippen molar-refractivity contribution in [2.24, 2.45) is 52.3 Å². The molecule has 188 valence electrons. The number of aliphatic hydroxyl groups is 3. The van der Waals surface area contributed by atoms with Crippen LogP contribution in [0.3, 0.4) is 0 Å². The van der Waals surface area contributed by atoms with Gasteiger partial charge in [-0.05, 0) is 116 Å². The smallest absolute Gasteiger partial charge is 0.0668 e. The molecule has 0 heterocycles. The first-order valence-corrected chi connectivity index (χ1v) is 13.3. The SMILES string of the molecule is C/C(=C/CC[C@@H](C)[C@H]1CC[C@H]2[C@@H]3C(O)CC4CC(O)CC(C)[C@]4(C)[C@H]3CC(O)[C@]12C)C(=O)[O-]. The predicted molar refractivity (Wildman–Crippen MR) is 126 cm³/mol. The number of rotatable bonds is 5. The van der Waals surface area contributed by atoms with Crippen molar-refractivity contribution in [3.8, 4) is 0 Å². The van der Waals surface area contributed by atoms with Crippen LogP contribution in [0.25, 0.3) is 0 Å². The first-order chi connectivity index (χ1) is 15.4. The summed E-state index contributed by atoms with van der Waals surface area (Å²) < 4.78 is 0. The van der Waals surface area contributed by atoms with Crippen molar-refractivity contribution < 1.29 is 25.2 Å². The summed E-state index contributed by atoms with van der Waals surface area (Å²) in [7, 11) is 0. The Morgan fingerprint density at radius 2 is 1.76 bits per heavy atom. The van der Waals surface area contributed by atoms with Crippen LogP contribution in [0.5, 0.6) is 0 Å². The maximum absolute atomic E-state index is 11.7. The van der Waals surface area contributed by atoms with E-state index >= 15 is 0 Å². The molecule has 12 atom stereocenters.